The first-order valence-electron chi connectivity index (χ1n) is 13.1. The number of urea groups is 1. The summed E-state index contributed by atoms with van der Waals surface area (Å²) in [5.74, 6) is 0.232. The molecule has 3 amide bonds. The predicted octanol–water partition coefficient (Wildman–Crippen LogP) is 2.81. The maximum Gasteiger partial charge on any atom is 0.480 e. The highest BCUT2D eigenvalue weighted by Crippen LogP contribution is 2.36. The molecule has 2 heterocycles. The first-order valence-corrected chi connectivity index (χ1v) is 16.0. The number of rotatable bonds is 12. The largest absolute Gasteiger partial charge is 0.480 e. The molecule has 2 atom stereocenters. The number of nitrogens with one attached hydrogen (secondary N) is 2. The van der Waals surface area contributed by atoms with Gasteiger partial charge in [0.2, 0.25) is 5.91 Å². The van der Waals surface area contributed by atoms with E-state index in [9.17, 15) is 52.8 Å². The van der Waals surface area contributed by atoms with Gasteiger partial charge in [0.1, 0.15) is 12.7 Å². The van der Waals surface area contributed by atoms with Gasteiger partial charge in [-0.05, 0) is 31.6 Å². The van der Waals surface area contributed by atoms with Crippen molar-refractivity contribution in [1.29, 1.82) is 0 Å². The van der Waals surface area contributed by atoms with E-state index in [0.717, 1.165) is 36.5 Å². The lowest BCUT2D eigenvalue weighted by Gasteiger charge is -2.23. The van der Waals surface area contributed by atoms with Crippen molar-refractivity contribution in [3.05, 3.63) is 16.0 Å². The van der Waals surface area contributed by atoms with Crippen molar-refractivity contribution in [2.75, 3.05) is 26.7 Å². The number of carbonyl (C=O) groups excluding carboxylic acids is 2. The van der Waals surface area contributed by atoms with Crippen LogP contribution in [0.4, 0.5) is 31.1 Å². The third kappa shape index (κ3) is 10.2. The highest BCUT2D eigenvalue weighted by molar-refractivity contribution is 8.13. The van der Waals surface area contributed by atoms with Gasteiger partial charge in [-0.2, -0.15) is 26.3 Å². The molecular formula is C22H38F6N6O6S2. The van der Waals surface area contributed by atoms with Crippen LogP contribution < -0.4 is 10.5 Å². The predicted molar refractivity (Wildman–Crippen MR) is 140 cm³/mol. The highest BCUT2D eigenvalue weighted by atomic mass is 32.3. The highest BCUT2D eigenvalue weighted by Gasteiger charge is 2.47. The van der Waals surface area contributed by atoms with Crippen LogP contribution in [0.2, 0.25) is 0 Å². The molecule has 0 aliphatic carbocycles. The summed E-state index contributed by atoms with van der Waals surface area (Å²) in [5.41, 5.74) is -7.67. The lowest BCUT2D eigenvalue weighted by atomic mass is 10.0. The van der Waals surface area contributed by atoms with E-state index in [1.165, 1.54) is 28.4 Å². The van der Waals surface area contributed by atoms with Crippen molar-refractivity contribution in [1.82, 2.24) is 20.3 Å². The van der Waals surface area contributed by atoms with Crippen LogP contribution in [0, 0.1) is 5.92 Å². The Kier molecular flexibility index (Phi) is 13.5. The van der Waals surface area contributed by atoms with Gasteiger partial charge in [0.05, 0.1) is 11.7 Å². The summed E-state index contributed by atoms with van der Waals surface area (Å²) in [5, 5.41) is 3.42. The molecule has 0 bridgehead atoms. The molecule has 0 aromatic heterocycles. The van der Waals surface area contributed by atoms with Crippen molar-refractivity contribution in [3.63, 3.8) is 0 Å². The number of sulfonamides is 2. The number of halogens is 6. The number of hydrogen-bond acceptors (Lipinski definition) is 8. The zero-order valence-corrected chi connectivity index (χ0v) is 25.6. The van der Waals surface area contributed by atoms with E-state index in [1.54, 1.807) is 0 Å². The second-order valence-electron chi connectivity index (χ2n) is 9.97. The summed E-state index contributed by atoms with van der Waals surface area (Å²) in [4.78, 5) is 28.2. The van der Waals surface area contributed by atoms with E-state index in [0.29, 0.717) is 13.0 Å². The molecule has 0 aromatic carbocycles. The third-order valence-corrected chi connectivity index (χ3v) is 9.07. The van der Waals surface area contributed by atoms with Gasteiger partial charge >= 0.3 is 17.0 Å². The van der Waals surface area contributed by atoms with Gasteiger partial charge in [0, 0.05) is 26.6 Å². The van der Waals surface area contributed by atoms with Crippen molar-refractivity contribution >= 4 is 32.0 Å². The minimum atomic E-state index is -6.72. The Morgan fingerprint density at radius 3 is 2.05 bits per heavy atom. The summed E-state index contributed by atoms with van der Waals surface area (Å²) < 4.78 is 109. The standard InChI is InChI=1S/C20H37N5O2.C2F6NO4S2/c1-6-8-13-24-14-17(22(5)21-24)11-9-10-12-23-15-18(16(3)4)25(20(23)27)19(26)7-2;3-1(4,5)14(10,11)9-15(12,13)2(6,7)8/h14,16,18,21H,6-13,15H2,1-5H3;/q;-1/p+1/t18-;/m1./s1. The number of carbonyl (C=O) groups is 2. The first kappa shape index (κ1) is 37.9. The van der Waals surface area contributed by atoms with Crippen LogP contribution in [0.3, 0.4) is 0 Å². The molecule has 0 radical (unpaired) electrons. The van der Waals surface area contributed by atoms with Crippen LogP contribution in [0.1, 0.15) is 66.2 Å². The van der Waals surface area contributed by atoms with E-state index in [2.05, 4.69) is 44.6 Å². The van der Waals surface area contributed by atoms with Gasteiger partial charge in [0.25, 0.3) is 0 Å². The van der Waals surface area contributed by atoms with Crippen LogP contribution in [0.25, 0.3) is 4.13 Å². The Morgan fingerprint density at radius 2 is 1.60 bits per heavy atom. The topological polar surface area (TPSA) is 143 Å². The van der Waals surface area contributed by atoms with Gasteiger partial charge in [0.15, 0.2) is 20.0 Å². The third-order valence-electron chi connectivity index (χ3n) is 6.33. The Labute approximate surface area is 242 Å². The molecule has 1 unspecified atom stereocenters. The number of unbranched alkanes of at least 4 members (excludes halogenated alkanes) is 2. The molecular weight excluding hydrogens is 622 g/mol. The Bertz CT molecular complexity index is 1140. The number of allylic oxidation sites excluding steroid dienone is 1. The monoisotopic (exact) mass is 660 g/mol. The maximum atomic E-state index is 12.7. The van der Waals surface area contributed by atoms with Gasteiger partial charge in [-0.3, -0.25) is 14.7 Å². The molecule has 0 spiro atoms. The number of imide groups is 1. The van der Waals surface area contributed by atoms with Crippen molar-refractivity contribution in [3.8, 4) is 0 Å². The number of amides is 3. The van der Waals surface area contributed by atoms with E-state index in [1.807, 2.05) is 11.8 Å². The van der Waals surface area contributed by atoms with E-state index in [-0.39, 0.29) is 23.9 Å². The zero-order valence-electron chi connectivity index (χ0n) is 23.9. The van der Waals surface area contributed by atoms with E-state index >= 15 is 0 Å². The molecule has 2 rings (SSSR count). The zero-order chi connectivity index (χ0) is 32.7. The molecule has 1 fully saturated rings. The second kappa shape index (κ2) is 15.0. The summed E-state index contributed by atoms with van der Waals surface area (Å²) in [6, 6.07) is -0.0943. The van der Waals surface area contributed by atoms with Crippen LogP contribution >= 0.6 is 0 Å². The van der Waals surface area contributed by atoms with E-state index < -0.39 is 31.1 Å². The summed E-state index contributed by atoms with van der Waals surface area (Å²) in [7, 11) is -11.4. The molecule has 1 saturated heterocycles. The number of quaternary nitrogens is 1. The fourth-order valence-corrected chi connectivity index (χ4v) is 5.72. The average molecular weight is 661 g/mol. The van der Waals surface area contributed by atoms with Gasteiger partial charge < -0.3 is 9.03 Å². The molecule has 20 heteroatoms. The molecule has 12 nitrogen and oxygen atoms in total. The van der Waals surface area contributed by atoms with Gasteiger partial charge in [-0.25, -0.2) is 26.6 Å². The van der Waals surface area contributed by atoms with Gasteiger partial charge in [-0.15, -0.1) is 0 Å². The lowest BCUT2D eigenvalue weighted by molar-refractivity contribution is -0.901. The van der Waals surface area contributed by atoms with Crippen molar-refractivity contribution in [2.24, 2.45) is 5.92 Å². The Hall–Kier alpha value is -2.16. The number of nitrogens with zero attached hydrogens (tertiary/aromatic N) is 4. The van der Waals surface area contributed by atoms with Crippen LogP contribution in [-0.4, -0.2) is 87.3 Å². The van der Waals surface area contributed by atoms with Crippen LogP contribution in [0.5, 0.6) is 0 Å². The Balaban J connectivity index is 0.000000501. The molecule has 2 aliphatic heterocycles. The van der Waals surface area contributed by atoms with Crippen molar-refractivity contribution in [2.45, 2.75) is 83.3 Å². The quantitative estimate of drug-likeness (QED) is 0.241. The smallest absolute Gasteiger partial charge is 0.421 e. The number of hydrogen-bond donors (Lipinski definition) is 2. The van der Waals surface area contributed by atoms with Crippen molar-refractivity contribution < 1.29 is 57.8 Å². The normalized spacial score (nSPS) is 20.2. The molecule has 0 aromatic rings. The molecule has 0 saturated carbocycles. The van der Waals surface area contributed by atoms with E-state index in [4.69, 9.17) is 0 Å². The first-order chi connectivity index (χ1) is 19.1. The SMILES string of the molecule is CCCC[NH+]1C=C(CCCCN2C[C@H](C(C)C)N(C(=O)CC)C2=O)N(C)N1.O=S(=O)([N-]S(=O)(=O)C(F)(F)F)C(F)(F)F. The molecule has 2 N–H and O–H groups in total. The fraction of sp³-hybridized carbons (Fsp3) is 0.818. The maximum absolute atomic E-state index is 12.7. The fourth-order valence-electron chi connectivity index (χ4n) is 4.01. The Morgan fingerprint density at radius 1 is 1.05 bits per heavy atom. The van der Waals surface area contributed by atoms with Crippen LogP contribution in [-0.2, 0) is 24.8 Å². The molecule has 246 valence electrons. The van der Waals surface area contributed by atoms with Gasteiger partial charge in [-0.1, -0.05) is 39.7 Å². The number of hydrazine groups is 1. The minimum Gasteiger partial charge on any atom is -0.421 e. The summed E-state index contributed by atoms with van der Waals surface area (Å²) >= 11 is 0. The minimum absolute atomic E-state index is 0.00791. The second-order valence-corrected chi connectivity index (χ2v) is 13.4. The molecule has 2 aliphatic rings. The number of alkyl halides is 6. The average Bonchev–Trinajstić information content (AvgIpc) is 3.37. The summed E-state index contributed by atoms with van der Waals surface area (Å²) in [6.45, 7) is 10.7. The molecule has 42 heavy (non-hydrogen) atoms. The van der Waals surface area contributed by atoms with Crippen LogP contribution in [0.15, 0.2) is 11.9 Å². The lowest BCUT2D eigenvalue weighted by Crippen LogP contribution is -3.13. The summed E-state index contributed by atoms with van der Waals surface area (Å²) in [6.07, 6.45) is 8.07.